The van der Waals surface area contributed by atoms with Gasteiger partial charge in [-0.15, -0.1) is 0 Å². The highest BCUT2D eigenvalue weighted by Gasteiger charge is 2.05. The number of ether oxygens (including phenoxy) is 1. The lowest BCUT2D eigenvalue weighted by molar-refractivity contribution is 0.0967. The van der Waals surface area contributed by atoms with Crippen LogP contribution in [0.1, 0.15) is 6.42 Å². The first-order valence-corrected chi connectivity index (χ1v) is 5.74. The van der Waals surface area contributed by atoms with Crippen LogP contribution in [0.15, 0.2) is 30.3 Å². The first kappa shape index (κ1) is 13.5. The van der Waals surface area contributed by atoms with Crippen molar-refractivity contribution in [2.24, 2.45) is 0 Å². The largest absolute Gasteiger partial charge is 0.394 e. The van der Waals surface area contributed by atoms with Crippen LogP contribution >= 0.6 is 0 Å². The van der Waals surface area contributed by atoms with Crippen molar-refractivity contribution in [3.63, 3.8) is 0 Å². The number of para-hydroxylation sites is 1. The summed E-state index contributed by atoms with van der Waals surface area (Å²) in [5.41, 5.74) is 1.09. The Labute approximate surface area is 102 Å². The van der Waals surface area contributed by atoms with Gasteiger partial charge in [-0.2, -0.15) is 5.26 Å². The molecule has 0 atom stereocenters. The molecule has 0 saturated heterocycles. The summed E-state index contributed by atoms with van der Waals surface area (Å²) in [7, 11) is 0. The second-order valence-corrected chi connectivity index (χ2v) is 3.57. The predicted octanol–water partition coefficient (Wildman–Crippen LogP) is 1.42. The van der Waals surface area contributed by atoms with Crippen molar-refractivity contribution in [1.82, 2.24) is 0 Å². The van der Waals surface area contributed by atoms with Crippen LogP contribution in [0.25, 0.3) is 0 Å². The van der Waals surface area contributed by atoms with E-state index < -0.39 is 0 Å². The van der Waals surface area contributed by atoms with Gasteiger partial charge in [-0.25, -0.2) is 0 Å². The van der Waals surface area contributed by atoms with Crippen LogP contribution in [-0.4, -0.2) is 38.0 Å². The average Bonchev–Trinajstić information content (AvgIpc) is 2.39. The zero-order valence-electron chi connectivity index (χ0n) is 9.88. The quantitative estimate of drug-likeness (QED) is 0.691. The molecule has 17 heavy (non-hydrogen) atoms. The summed E-state index contributed by atoms with van der Waals surface area (Å²) in [6, 6.07) is 12.1. The molecule has 1 aromatic rings. The molecule has 1 aromatic carbocycles. The van der Waals surface area contributed by atoms with Crippen molar-refractivity contribution in [2.75, 3.05) is 37.8 Å². The van der Waals surface area contributed by atoms with Gasteiger partial charge in [0, 0.05) is 18.8 Å². The summed E-state index contributed by atoms with van der Waals surface area (Å²) in [6.45, 7) is 2.39. The van der Waals surface area contributed by atoms with Gasteiger partial charge in [0.05, 0.1) is 32.3 Å². The van der Waals surface area contributed by atoms with E-state index in [1.807, 2.05) is 30.3 Å². The highest BCUT2D eigenvalue weighted by Crippen LogP contribution is 2.12. The standard InChI is InChI=1S/C13H18N2O2/c14-7-4-8-15(9-11-17-12-10-16)13-5-2-1-3-6-13/h1-3,5-6,16H,4,8-12H2. The third-order valence-corrected chi connectivity index (χ3v) is 2.36. The van der Waals surface area contributed by atoms with Gasteiger partial charge in [-0.1, -0.05) is 18.2 Å². The summed E-state index contributed by atoms with van der Waals surface area (Å²) in [5.74, 6) is 0. The highest BCUT2D eigenvalue weighted by molar-refractivity contribution is 5.45. The third-order valence-electron chi connectivity index (χ3n) is 2.36. The smallest absolute Gasteiger partial charge is 0.0698 e. The second-order valence-electron chi connectivity index (χ2n) is 3.57. The highest BCUT2D eigenvalue weighted by atomic mass is 16.5. The van der Waals surface area contributed by atoms with E-state index >= 15 is 0 Å². The number of hydrogen-bond acceptors (Lipinski definition) is 4. The minimum Gasteiger partial charge on any atom is -0.394 e. The molecule has 0 aromatic heterocycles. The Morgan fingerprint density at radius 3 is 2.59 bits per heavy atom. The molecule has 0 aliphatic heterocycles. The first-order valence-electron chi connectivity index (χ1n) is 5.74. The van der Waals surface area contributed by atoms with Crippen molar-refractivity contribution in [3.05, 3.63) is 30.3 Å². The molecule has 0 bridgehead atoms. The lowest BCUT2D eigenvalue weighted by Crippen LogP contribution is -2.28. The number of nitriles is 1. The van der Waals surface area contributed by atoms with Gasteiger partial charge in [0.15, 0.2) is 0 Å². The maximum Gasteiger partial charge on any atom is 0.0698 e. The van der Waals surface area contributed by atoms with Crippen molar-refractivity contribution in [2.45, 2.75) is 6.42 Å². The molecule has 92 valence electrons. The van der Waals surface area contributed by atoms with Gasteiger partial charge in [0.25, 0.3) is 0 Å². The van der Waals surface area contributed by atoms with Crippen LogP contribution in [0, 0.1) is 11.3 Å². The Kier molecular flexibility index (Phi) is 6.80. The molecule has 0 amide bonds. The van der Waals surface area contributed by atoms with Gasteiger partial charge in [0.2, 0.25) is 0 Å². The molecule has 0 radical (unpaired) electrons. The molecular formula is C13H18N2O2. The Morgan fingerprint density at radius 1 is 1.18 bits per heavy atom. The van der Waals surface area contributed by atoms with Gasteiger partial charge in [-0.05, 0) is 12.1 Å². The van der Waals surface area contributed by atoms with E-state index in [0.717, 1.165) is 12.2 Å². The monoisotopic (exact) mass is 234 g/mol. The second kappa shape index (κ2) is 8.57. The van der Waals surface area contributed by atoms with Crippen LogP contribution in [0.4, 0.5) is 5.69 Å². The van der Waals surface area contributed by atoms with Crippen molar-refractivity contribution >= 4 is 5.69 Å². The van der Waals surface area contributed by atoms with E-state index in [9.17, 15) is 0 Å². The van der Waals surface area contributed by atoms with Crippen LogP contribution in [-0.2, 0) is 4.74 Å². The van der Waals surface area contributed by atoms with E-state index in [1.54, 1.807) is 0 Å². The van der Waals surface area contributed by atoms with Gasteiger partial charge < -0.3 is 14.7 Å². The Balaban J connectivity index is 2.46. The lowest BCUT2D eigenvalue weighted by Gasteiger charge is -2.23. The van der Waals surface area contributed by atoms with Crippen LogP contribution in [0.2, 0.25) is 0 Å². The van der Waals surface area contributed by atoms with Crippen LogP contribution < -0.4 is 4.90 Å². The summed E-state index contributed by atoms with van der Waals surface area (Å²) in [4.78, 5) is 2.11. The molecule has 1 N–H and O–H groups in total. The topological polar surface area (TPSA) is 56.5 Å². The fraction of sp³-hybridized carbons (Fsp3) is 0.462. The Hall–Kier alpha value is -1.57. The summed E-state index contributed by atoms with van der Waals surface area (Å²) >= 11 is 0. The molecule has 0 unspecified atom stereocenters. The molecule has 4 nitrogen and oxygen atoms in total. The molecule has 4 heteroatoms. The van der Waals surface area contributed by atoms with E-state index in [0.29, 0.717) is 26.2 Å². The van der Waals surface area contributed by atoms with Crippen molar-refractivity contribution in [3.8, 4) is 6.07 Å². The molecule has 0 aliphatic rings. The number of benzene rings is 1. The summed E-state index contributed by atoms with van der Waals surface area (Å²) in [5, 5.41) is 17.2. The summed E-state index contributed by atoms with van der Waals surface area (Å²) in [6.07, 6.45) is 0.495. The zero-order valence-corrected chi connectivity index (χ0v) is 9.88. The lowest BCUT2D eigenvalue weighted by atomic mass is 10.2. The minimum atomic E-state index is 0.0452. The minimum absolute atomic E-state index is 0.0452. The Bertz CT molecular complexity index is 335. The van der Waals surface area contributed by atoms with E-state index in [-0.39, 0.29) is 6.61 Å². The number of rotatable bonds is 8. The van der Waals surface area contributed by atoms with Crippen molar-refractivity contribution in [1.29, 1.82) is 5.26 Å². The van der Waals surface area contributed by atoms with Gasteiger partial charge in [0.1, 0.15) is 0 Å². The zero-order chi connectivity index (χ0) is 12.3. The normalized spacial score (nSPS) is 9.88. The predicted molar refractivity (Wildman–Crippen MR) is 66.8 cm³/mol. The van der Waals surface area contributed by atoms with Gasteiger partial charge >= 0.3 is 0 Å². The molecule has 0 fully saturated rings. The number of hydrogen-bond donors (Lipinski definition) is 1. The molecule has 0 heterocycles. The van der Waals surface area contributed by atoms with E-state index in [2.05, 4.69) is 11.0 Å². The summed E-state index contributed by atoms with van der Waals surface area (Å²) < 4.78 is 5.24. The van der Waals surface area contributed by atoms with Gasteiger partial charge in [-0.3, -0.25) is 0 Å². The van der Waals surface area contributed by atoms with E-state index in [1.165, 1.54) is 0 Å². The van der Waals surface area contributed by atoms with Crippen molar-refractivity contribution < 1.29 is 9.84 Å². The fourth-order valence-corrected chi connectivity index (χ4v) is 1.54. The molecule has 0 aliphatic carbocycles. The maximum atomic E-state index is 8.63. The maximum absolute atomic E-state index is 8.63. The number of nitrogens with zero attached hydrogens (tertiary/aromatic N) is 2. The average molecular weight is 234 g/mol. The van der Waals surface area contributed by atoms with E-state index in [4.69, 9.17) is 15.1 Å². The van der Waals surface area contributed by atoms with Crippen LogP contribution in [0.3, 0.4) is 0 Å². The Morgan fingerprint density at radius 2 is 1.94 bits per heavy atom. The van der Waals surface area contributed by atoms with Crippen LogP contribution in [0.5, 0.6) is 0 Å². The molecule has 0 spiro atoms. The number of anilines is 1. The fourth-order valence-electron chi connectivity index (χ4n) is 1.54. The first-order chi connectivity index (χ1) is 8.38. The molecule has 0 saturated carbocycles. The molecule has 1 rings (SSSR count). The number of aliphatic hydroxyl groups excluding tert-OH is 1. The molecular weight excluding hydrogens is 216 g/mol. The number of aliphatic hydroxyl groups is 1. The third kappa shape index (κ3) is 5.34. The SMILES string of the molecule is N#CCCN(CCOCCO)c1ccccc1.